The second-order valence-electron chi connectivity index (χ2n) is 3.99. The average molecular weight is 304 g/mol. The van der Waals surface area contributed by atoms with Gasteiger partial charge in [0.05, 0.1) is 22.1 Å². The summed E-state index contributed by atoms with van der Waals surface area (Å²) >= 11 is 4.99. The Morgan fingerprint density at radius 1 is 1.75 bits per heavy atom. The lowest BCUT2D eigenvalue weighted by atomic mass is 10.2. The second kappa shape index (κ2) is 4.81. The van der Waals surface area contributed by atoms with Crippen LogP contribution < -0.4 is 5.32 Å². The van der Waals surface area contributed by atoms with Crippen molar-refractivity contribution in [1.82, 2.24) is 15.2 Å². The molecule has 0 spiro atoms. The summed E-state index contributed by atoms with van der Waals surface area (Å²) in [5.74, 6) is 0.183. The number of thiazole rings is 1. The molecule has 0 bridgehead atoms. The van der Waals surface area contributed by atoms with E-state index in [1.807, 2.05) is 14.0 Å². The highest BCUT2D eigenvalue weighted by atomic mass is 79.9. The molecule has 16 heavy (non-hydrogen) atoms. The van der Waals surface area contributed by atoms with Crippen molar-refractivity contribution < 1.29 is 4.79 Å². The molecule has 0 radical (unpaired) electrons. The van der Waals surface area contributed by atoms with Gasteiger partial charge >= 0.3 is 0 Å². The van der Waals surface area contributed by atoms with Crippen molar-refractivity contribution in [2.24, 2.45) is 0 Å². The molecule has 6 heteroatoms. The molecule has 1 aliphatic rings. The smallest absolute Gasteiger partial charge is 0.239 e. The predicted octanol–water partition coefficient (Wildman–Crippen LogP) is 1.79. The van der Waals surface area contributed by atoms with Crippen LogP contribution in [0.4, 0.5) is 0 Å². The molecule has 1 fully saturated rings. The molecule has 0 saturated carbocycles. The Morgan fingerprint density at radius 2 is 2.50 bits per heavy atom. The number of rotatable bonds is 3. The number of carbonyl (C=O) groups excluding carboxylic acids is 1. The number of halogens is 1. The van der Waals surface area contributed by atoms with Gasteiger partial charge in [0.2, 0.25) is 5.91 Å². The van der Waals surface area contributed by atoms with Crippen LogP contribution in [0, 0.1) is 0 Å². The van der Waals surface area contributed by atoms with Crippen LogP contribution in [0.2, 0.25) is 0 Å². The van der Waals surface area contributed by atoms with Gasteiger partial charge in [-0.3, -0.25) is 10.1 Å². The minimum atomic E-state index is -0.0531. The van der Waals surface area contributed by atoms with Gasteiger partial charge in [0.1, 0.15) is 5.01 Å². The van der Waals surface area contributed by atoms with Gasteiger partial charge in [-0.15, -0.1) is 11.3 Å². The molecule has 1 aliphatic heterocycles. The summed E-state index contributed by atoms with van der Waals surface area (Å²) in [6.07, 6.45) is 2.67. The lowest BCUT2D eigenvalue weighted by Crippen LogP contribution is -2.38. The van der Waals surface area contributed by atoms with Gasteiger partial charge in [-0.25, -0.2) is 4.98 Å². The molecule has 1 amide bonds. The molecule has 4 nitrogen and oxygen atoms in total. The number of likely N-dealkylation sites (N-methyl/N-ethyl adjacent to an activating group) is 1. The predicted molar refractivity (Wildman–Crippen MR) is 67.4 cm³/mol. The molecule has 1 N–H and O–H groups in total. The topological polar surface area (TPSA) is 45.2 Å². The Labute approximate surface area is 107 Å². The number of nitrogens with one attached hydrogen (secondary N) is 1. The number of aromatic nitrogens is 1. The molecular formula is C10H14BrN3OS. The summed E-state index contributed by atoms with van der Waals surface area (Å²) in [5.41, 5.74) is 0. The fraction of sp³-hybridized carbons (Fsp3) is 0.600. The first kappa shape index (κ1) is 12.0. The summed E-state index contributed by atoms with van der Waals surface area (Å²) in [5, 5.41) is 4.33. The molecule has 88 valence electrons. The van der Waals surface area contributed by atoms with Gasteiger partial charge in [-0.1, -0.05) is 0 Å². The van der Waals surface area contributed by atoms with Gasteiger partial charge in [0.25, 0.3) is 0 Å². The maximum Gasteiger partial charge on any atom is 0.239 e. The third kappa shape index (κ3) is 2.44. The van der Waals surface area contributed by atoms with E-state index in [1.54, 1.807) is 22.4 Å². The van der Waals surface area contributed by atoms with Gasteiger partial charge in [0.15, 0.2) is 0 Å². The van der Waals surface area contributed by atoms with Crippen molar-refractivity contribution in [1.29, 1.82) is 0 Å². The lowest BCUT2D eigenvalue weighted by Gasteiger charge is -2.16. The van der Waals surface area contributed by atoms with Crippen LogP contribution in [0.15, 0.2) is 9.98 Å². The maximum atomic E-state index is 11.7. The number of nitrogens with zero attached hydrogens (tertiary/aromatic N) is 2. The summed E-state index contributed by atoms with van der Waals surface area (Å²) in [4.78, 5) is 17.8. The van der Waals surface area contributed by atoms with E-state index in [1.165, 1.54) is 0 Å². The zero-order chi connectivity index (χ0) is 11.7. The van der Waals surface area contributed by atoms with Crippen LogP contribution in [-0.4, -0.2) is 35.4 Å². The fourth-order valence-electron chi connectivity index (χ4n) is 1.82. The Morgan fingerprint density at radius 3 is 3.00 bits per heavy atom. The van der Waals surface area contributed by atoms with Gasteiger partial charge < -0.3 is 4.90 Å². The second-order valence-corrected chi connectivity index (χ2v) is 6.43. The number of hydrogen-bond acceptors (Lipinski definition) is 4. The Bertz CT molecular complexity index is 395. The van der Waals surface area contributed by atoms with E-state index in [0.29, 0.717) is 0 Å². The fourth-order valence-corrected chi connectivity index (χ4v) is 3.07. The molecule has 1 aromatic rings. The summed E-state index contributed by atoms with van der Waals surface area (Å²) in [6, 6.07) is 0.0689. The highest BCUT2D eigenvalue weighted by Gasteiger charge is 2.30. The van der Waals surface area contributed by atoms with E-state index in [9.17, 15) is 4.79 Å². The molecule has 2 rings (SSSR count). The van der Waals surface area contributed by atoms with Crippen LogP contribution in [0.25, 0.3) is 0 Å². The maximum absolute atomic E-state index is 11.7. The Kier molecular flexibility index (Phi) is 3.61. The van der Waals surface area contributed by atoms with Crippen LogP contribution in [-0.2, 0) is 4.79 Å². The van der Waals surface area contributed by atoms with Crippen molar-refractivity contribution in [3.63, 3.8) is 0 Å². The van der Waals surface area contributed by atoms with E-state index in [2.05, 4.69) is 26.2 Å². The first-order valence-electron chi connectivity index (χ1n) is 5.20. The van der Waals surface area contributed by atoms with E-state index < -0.39 is 0 Å². The van der Waals surface area contributed by atoms with Crippen LogP contribution >= 0.6 is 27.3 Å². The zero-order valence-corrected chi connectivity index (χ0v) is 11.6. The Balaban J connectivity index is 1.97. The molecule has 2 unspecified atom stereocenters. The number of hydrogen-bond donors (Lipinski definition) is 1. The highest BCUT2D eigenvalue weighted by Crippen LogP contribution is 2.25. The van der Waals surface area contributed by atoms with Gasteiger partial charge in [-0.2, -0.15) is 0 Å². The van der Waals surface area contributed by atoms with Crippen molar-refractivity contribution in [3.05, 3.63) is 15.0 Å². The summed E-state index contributed by atoms with van der Waals surface area (Å²) < 4.78 is 1.02. The molecule has 1 saturated heterocycles. The lowest BCUT2D eigenvalue weighted by molar-refractivity contribution is -0.128. The van der Waals surface area contributed by atoms with Crippen molar-refractivity contribution in [3.8, 4) is 0 Å². The van der Waals surface area contributed by atoms with Gasteiger partial charge in [0, 0.05) is 13.6 Å². The van der Waals surface area contributed by atoms with Gasteiger partial charge in [-0.05, 0) is 29.3 Å². The molecule has 0 aliphatic carbocycles. The number of carbonyl (C=O) groups is 1. The normalized spacial score (nSPS) is 22.8. The average Bonchev–Trinajstić information content (AvgIpc) is 2.79. The van der Waals surface area contributed by atoms with E-state index in [4.69, 9.17) is 0 Å². The minimum absolute atomic E-state index is 0.0531. The quantitative estimate of drug-likeness (QED) is 0.926. The van der Waals surface area contributed by atoms with Crippen molar-refractivity contribution >= 4 is 33.2 Å². The van der Waals surface area contributed by atoms with E-state index in [0.717, 1.165) is 21.8 Å². The van der Waals surface area contributed by atoms with Crippen molar-refractivity contribution in [2.45, 2.75) is 25.4 Å². The third-order valence-electron chi connectivity index (χ3n) is 2.74. The SMILES string of the molecule is CC(NC1CCN(C)C1=O)c1ncc(Br)s1. The minimum Gasteiger partial charge on any atom is -0.344 e. The van der Waals surface area contributed by atoms with Crippen LogP contribution in [0.1, 0.15) is 24.4 Å². The van der Waals surface area contributed by atoms with E-state index >= 15 is 0 Å². The summed E-state index contributed by atoms with van der Waals surface area (Å²) in [6.45, 7) is 2.88. The van der Waals surface area contributed by atoms with Crippen molar-refractivity contribution in [2.75, 3.05) is 13.6 Å². The highest BCUT2D eigenvalue weighted by molar-refractivity contribution is 9.11. The van der Waals surface area contributed by atoms with E-state index in [-0.39, 0.29) is 18.0 Å². The summed E-state index contributed by atoms with van der Waals surface area (Å²) in [7, 11) is 1.84. The largest absolute Gasteiger partial charge is 0.344 e. The zero-order valence-electron chi connectivity index (χ0n) is 9.24. The number of amides is 1. The van der Waals surface area contributed by atoms with Crippen LogP contribution in [0.5, 0.6) is 0 Å². The Hall–Kier alpha value is -0.460. The standard InChI is InChI=1S/C10H14BrN3OS/c1-6(9-12-5-8(11)16-9)13-7-3-4-14(2)10(7)15/h5-7,13H,3-4H2,1-2H3. The molecule has 0 aromatic carbocycles. The molecule has 2 atom stereocenters. The molecule has 1 aromatic heterocycles. The first-order valence-corrected chi connectivity index (χ1v) is 6.81. The number of likely N-dealkylation sites (tertiary alicyclic amines) is 1. The third-order valence-corrected chi connectivity index (χ3v) is 4.40. The van der Waals surface area contributed by atoms with Crippen LogP contribution in [0.3, 0.4) is 0 Å². The molecular weight excluding hydrogens is 290 g/mol. The molecule has 2 heterocycles. The first-order chi connectivity index (χ1) is 7.58. The monoisotopic (exact) mass is 303 g/mol.